The summed E-state index contributed by atoms with van der Waals surface area (Å²) in [6, 6.07) is 4.67. The molecule has 0 radical (unpaired) electrons. The van der Waals surface area contributed by atoms with E-state index >= 15 is 0 Å². The molecule has 0 aliphatic rings. The zero-order valence-corrected chi connectivity index (χ0v) is 11.6. The molecule has 96 valence electrons. The third kappa shape index (κ3) is 2.83. The maximum absolute atomic E-state index is 13.2. The lowest BCUT2D eigenvalue weighted by Gasteiger charge is -2.16. The van der Waals surface area contributed by atoms with Gasteiger partial charge in [0.15, 0.2) is 0 Å². The minimum Gasteiger partial charge on any atom is -0.309 e. The van der Waals surface area contributed by atoms with Crippen LogP contribution in [0.5, 0.6) is 0 Å². The molecule has 6 heteroatoms. The molecule has 1 nitrogen and oxygen atoms in total. The molecule has 0 aliphatic carbocycles. The lowest BCUT2D eigenvalue weighted by molar-refractivity contribution is 0.572. The van der Waals surface area contributed by atoms with E-state index in [1.165, 1.54) is 23.5 Å². The van der Waals surface area contributed by atoms with Gasteiger partial charge in [-0.05, 0) is 30.8 Å². The van der Waals surface area contributed by atoms with Gasteiger partial charge in [0.2, 0.25) is 0 Å². The van der Waals surface area contributed by atoms with Gasteiger partial charge in [0.25, 0.3) is 0 Å². The van der Waals surface area contributed by atoms with E-state index in [-0.39, 0.29) is 0 Å². The molecule has 0 fully saturated rings. The number of halogens is 4. The zero-order valence-electron chi connectivity index (χ0n) is 9.31. The second-order valence-electron chi connectivity index (χ2n) is 3.70. The molecular weight excluding hydrogens is 299 g/mol. The number of hydrogen-bond acceptors (Lipinski definition) is 2. The van der Waals surface area contributed by atoms with Gasteiger partial charge >= 0.3 is 0 Å². The first kappa shape index (κ1) is 13.7. The zero-order chi connectivity index (χ0) is 13.3. The van der Waals surface area contributed by atoms with E-state index in [1.807, 2.05) is 0 Å². The molecule has 0 spiro atoms. The number of nitrogens with one attached hydrogen (secondary N) is 1. The van der Waals surface area contributed by atoms with Crippen molar-refractivity contribution in [3.63, 3.8) is 0 Å². The average molecular weight is 308 g/mol. The highest BCUT2D eigenvalue weighted by atomic mass is 35.5. The summed E-state index contributed by atoms with van der Waals surface area (Å²) in [6.45, 7) is 0. The molecule has 0 saturated heterocycles. The largest absolute Gasteiger partial charge is 0.309 e. The van der Waals surface area contributed by atoms with Gasteiger partial charge in [0, 0.05) is 11.6 Å². The summed E-state index contributed by atoms with van der Waals surface area (Å²) in [6.07, 6.45) is 0. The minimum absolute atomic E-state index is 0.397. The fraction of sp³-hybridized carbons (Fsp3) is 0.167. The van der Waals surface area contributed by atoms with E-state index in [4.69, 9.17) is 23.2 Å². The Hall–Kier alpha value is -0.680. The molecule has 1 heterocycles. The van der Waals surface area contributed by atoms with Crippen LogP contribution in [0.2, 0.25) is 8.67 Å². The molecular formula is C12H9Cl2F2NS. The Kier molecular flexibility index (Phi) is 4.22. The molecule has 1 unspecified atom stereocenters. The van der Waals surface area contributed by atoms with Crippen LogP contribution in [0.15, 0.2) is 24.3 Å². The smallest absolute Gasteiger partial charge is 0.126 e. The number of rotatable bonds is 3. The molecule has 1 atom stereocenters. The molecule has 0 amide bonds. The summed E-state index contributed by atoms with van der Waals surface area (Å²) in [5.41, 5.74) is 1.17. The number of hydrogen-bond donors (Lipinski definition) is 1. The summed E-state index contributed by atoms with van der Waals surface area (Å²) in [5, 5.41) is 2.97. The molecule has 1 aromatic heterocycles. The van der Waals surface area contributed by atoms with Gasteiger partial charge in [-0.25, -0.2) is 8.78 Å². The van der Waals surface area contributed by atoms with Crippen LogP contribution in [0.25, 0.3) is 0 Å². The van der Waals surface area contributed by atoms with Gasteiger partial charge in [-0.3, -0.25) is 0 Å². The van der Waals surface area contributed by atoms with Crippen LogP contribution < -0.4 is 5.32 Å². The van der Waals surface area contributed by atoms with Gasteiger partial charge in [0.1, 0.15) is 11.6 Å². The van der Waals surface area contributed by atoms with Crippen LogP contribution in [0.3, 0.4) is 0 Å². The summed E-state index contributed by atoms with van der Waals surface area (Å²) in [4.78, 5) is 0. The molecule has 0 saturated carbocycles. The van der Waals surface area contributed by atoms with Crippen LogP contribution in [0.4, 0.5) is 8.78 Å². The SMILES string of the molecule is CNC(c1cc(F)cc(F)c1)c1cc(Cl)sc1Cl. The van der Waals surface area contributed by atoms with Crippen molar-refractivity contribution in [3.05, 3.63) is 55.7 Å². The van der Waals surface area contributed by atoms with Crippen molar-refractivity contribution in [2.24, 2.45) is 0 Å². The maximum Gasteiger partial charge on any atom is 0.126 e. The van der Waals surface area contributed by atoms with E-state index in [0.717, 1.165) is 6.07 Å². The highest BCUT2D eigenvalue weighted by Crippen LogP contribution is 2.37. The molecule has 2 aromatic rings. The Morgan fingerprint density at radius 1 is 1.11 bits per heavy atom. The molecule has 18 heavy (non-hydrogen) atoms. The van der Waals surface area contributed by atoms with Gasteiger partial charge in [-0.2, -0.15) is 0 Å². The topological polar surface area (TPSA) is 12.0 Å². The quantitative estimate of drug-likeness (QED) is 0.871. The standard InChI is InChI=1S/C12H9Cl2F2NS/c1-17-11(9-5-10(13)18-12(9)14)6-2-7(15)4-8(16)3-6/h2-5,11,17H,1H3. The van der Waals surface area contributed by atoms with E-state index < -0.39 is 17.7 Å². The third-order valence-electron chi connectivity index (χ3n) is 2.50. The summed E-state index contributed by atoms with van der Waals surface area (Å²) in [5.74, 6) is -1.25. The van der Waals surface area contributed by atoms with E-state index in [2.05, 4.69) is 5.32 Å². The average Bonchev–Trinajstić information content (AvgIpc) is 2.58. The van der Waals surface area contributed by atoms with Crippen molar-refractivity contribution in [1.82, 2.24) is 5.32 Å². The minimum atomic E-state index is -0.623. The van der Waals surface area contributed by atoms with Gasteiger partial charge in [-0.1, -0.05) is 23.2 Å². The first-order chi connectivity index (χ1) is 8.51. The molecule has 0 bridgehead atoms. The van der Waals surface area contributed by atoms with Gasteiger partial charge < -0.3 is 5.32 Å². The Labute approximate surface area is 117 Å². The van der Waals surface area contributed by atoms with Crippen LogP contribution in [-0.2, 0) is 0 Å². The first-order valence-electron chi connectivity index (χ1n) is 5.09. The highest BCUT2D eigenvalue weighted by Gasteiger charge is 2.19. The Morgan fingerprint density at radius 3 is 2.17 bits per heavy atom. The Morgan fingerprint density at radius 2 is 1.72 bits per heavy atom. The highest BCUT2D eigenvalue weighted by molar-refractivity contribution is 7.20. The predicted octanol–water partition coefficient (Wildman–Crippen LogP) is 4.64. The molecule has 0 aliphatic heterocycles. The van der Waals surface area contributed by atoms with Crippen molar-refractivity contribution >= 4 is 34.5 Å². The summed E-state index contributed by atoms with van der Waals surface area (Å²) < 4.78 is 27.5. The molecule has 1 aromatic carbocycles. The van der Waals surface area contributed by atoms with E-state index in [9.17, 15) is 8.78 Å². The lowest BCUT2D eigenvalue weighted by atomic mass is 10.0. The Bertz CT molecular complexity index is 551. The van der Waals surface area contributed by atoms with Crippen molar-refractivity contribution in [2.45, 2.75) is 6.04 Å². The van der Waals surface area contributed by atoms with E-state index in [1.54, 1.807) is 13.1 Å². The fourth-order valence-corrected chi connectivity index (χ4v) is 3.33. The predicted molar refractivity (Wildman–Crippen MR) is 71.6 cm³/mol. The maximum atomic E-state index is 13.2. The molecule has 2 rings (SSSR count). The number of thiophene rings is 1. The van der Waals surface area contributed by atoms with E-state index in [0.29, 0.717) is 19.8 Å². The van der Waals surface area contributed by atoms with Gasteiger partial charge in [-0.15, -0.1) is 11.3 Å². The lowest BCUT2D eigenvalue weighted by Crippen LogP contribution is -2.17. The van der Waals surface area contributed by atoms with Crippen LogP contribution >= 0.6 is 34.5 Å². The van der Waals surface area contributed by atoms with Gasteiger partial charge in [0.05, 0.1) is 14.7 Å². The molecule has 1 N–H and O–H groups in total. The first-order valence-corrected chi connectivity index (χ1v) is 6.66. The number of benzene rings is 1. The fourth-order valence-electron chi connectivity index (χ4n) is 1.79. The Balaban J connectivity index is 2.48. The second kappa shape index (κ2) is 5.53. The summed E-state index contributed by atoms with van der Waals surface area (Å²) >= 11 is 13.1. The normalized spacial score (nSPS) is 12.7. The van der Waals surface area contributed by atoms with Crippen LogP contribution in [0, 0.1) is 11.6 Å². The second-order valence-corrected chi connectivity index (χ2v) is 5.99. The third-order valence-corrected chi connectivity index (χ3v) is 4.02. The summed E-state index contributed by atoms with van der Waals surface area (Å²) in [7, 11) is 1.69. The monoisotopic (exact) mass is 307 g/mol. The van der Waals surface area contributed by atoms with Crippen molar-refractivity contribution in [1.29, 1.82) is 0 Å². The van der Waals surface area contributed by atoms with Crippen molar-refractivity contribution < 1.29 is 8.78 Å². The van der Waals surface area contributed by atoms with Crippen LogP contribution in [-0.4, -0.2) is 7.05 Å². The van der Waals surface area contributed by atoms with Crippen molar-refractivity contribution in [3.8, 4) is 0 Å². The van der Waals surface area contributed by atoms with Crippen molar-refractivity contribution in [2.75, 3.05) is 7.05 Å². The van der Waals surface area contributed by atoms with Crippen LogP contribution in [0.1, 0.15) is 17.2 Å².